The van der Waals surface area contributed by atoms with Crippen LogP contribution in [0.2, 0.25) is 0 Å². The standard InChI is InChI=1S/C18H26N2O/c19-14-18(11-5-1-6-12-18)17(21)20-13-7-4-9-15-8-2-3-10-16(15)20/h2-3,8,10H,1,4-7,9,11-14,19H2. The van der Waals surface area contributed by atoms with Gasteiger partial charge in [0.25, 0.3) is 0 Å². The zero-order chi connectivity index (χ0) is 14.7. The van der Waals surface area contributed by atoms with E-state index in [4.69, 9.17) is 5.73 Å². The van der Waals surface area contributed by atoms with Crippen molar-refractivity contribution >= 4 is 11.6 Å². The highest BCUT2D eigenvalue weighted by molar-refractivity contribution is 5.98. The van der Waals surface area contributed by atoms with Crippen molar-refractivity contribution in [2.75, 3.05) is 18.0 Å². The highest BCUT2D eigenvalue weighted by Crippen LogP contribution is 2.39. The smallest absolute Gasteiger partial charge is 0.234 e. The summed E-state index contributed by atoms with van der Waals surface area (Å²) in [5.41, 5.74) is 8.18. The molecule has 21 heavy (non-hydrogen) atoms. The Bertz CT molecular complexity index is 506. The maximum atomic E-state index is 13.3. The van der Waals surface area contributed by atoms with Gasteiger partial charge in [0.2, 0.25) is 5.91 Å². The van der Waals surface area contributed by atoms with E-state index in [0.717, 1.165) is 57.2 Å². The predicted molar refractivity (Wildman–Crippen MR) is 86.3 cm³/mol. The molecule has 1 aromatic rings. The number of fused-ring (bicyclic) bond motifs is 1. The number of para-hydroxylation sites is 1. The molecule has 3 nitrogen and oxygen atoms in total. The summed E-state index contributed by atoms with van der Waals surface area (Å²) < 4.78 is 0. The fraction of sp³-hybridized carbons (Fsp3) is 0.611. The third-order valence-corrected chi connectivity index (χ3v) is 5.26. The number of carbonyl (C=O) groups is 1. The lowest BCUT2D eigenvalue weighted by Gasteiger charge is -2.39. The van der Waals surface area contributed by atoms with Gasteiger partial charge in [-0.1, -0.05) is 37.5 Å². The Kier molecular flexibility index (Phi) is 4.29. The second-order valence-electron chi connectivity index (χ2n) is 6.59. The maximum absolute atomic E-state index is 13.3. The monoisotopic (exact) mass is 286 g/mol. The minimum atomic E-state index is -0.310. The molecule has 1 aliphatic carbocycles. The number of benzene rings is 1. The van der Waals surface area contributed by atoms with Gasteiger partial charge >= 0.3 is 0 Å². The minimum Gasteiger partial charge on any atom is -0.329 e. The first-order valence-corrected chi connectivity index (χ1v) is 8.37. The Balaban J connectivity index is 1.93. The van der Waals surface area contributed by atoms with Crippen LogP contribution in [0, 0.1) is 5.41 Å². The molecule has 114 valence electrons. The molecule has 0 aromatic heterocycles. The van der Waals surface area contributed by atoms with E-state index in [2.05, 4.69) is 18.2 Å². The number of amides is 1. The summed E-state index contributed by atoms with van der Waals surface area (Å²) in [5, 5.41) is 0. The molecule has 1 fully saturated rings. The molecule has 0 radical (unpaired) electrons. The first kappa shape index (κ1) is 14.6. The van der Waals surface area contributed by atoms with Crippen LogP contribution in [0.4, 0.5) is 5.69 Å². The predicted octanol–water partition coefficient (Wildman–Crippen LogP) is 3.27. The third kappa shape index (κ3) is 2.71. The quantitative estimate of drug-likeness (QED) is 0.907. The zero-order valence-electron chi connectivity index (χ0n) is 12.8. The lowest BCUT2D eigenvalue weighted by atomic mass is 9.73. The van der Waals surface area contributed by atoms with E-state index in [1.807, 2.05) is 11.0 Å². The van der Waals surface area contributed by atoms with Gasteiger partial charge in [0.15, 0.2) is 0 Å². The fourth-order valence-electron chi connectivity index (χ4n) is 3.92. The van der Waals surface area contributed by atoms with Gasteiger partial charge in [-0.25, -0.2) is 0 Å². The van der Waals surface area contributed by atoms with Crippen molar-refractivity contribution in [3.8, 4) is 0 Å². The van der Waals surface area contributed by atoms with E-state index >= 15 is 0 Å². The van der Waals surface area contributed by atoms with Crippen LogP contribution < -0.4 is 10.6 Å². The molecule has 1 saturated carbocycles. The molecule has 1 heterocycles. The number of anilines is 1. The fourth-order valence-corrected chi connectivity index (χ4v) is 3.92. The third-order valence-electron chi connectivity index (χ3n) is 5.26. The number of nitrogens with zero attached hydrogens (tertiary/aromatic N) is 1. The van der Waals surface area contributed by atoms with Crippen molar-refractivity contribution < 1.29 is 4.79 Å². The van der Waals surface area contributed by atoms with Gasteiger partial charge in [0, 0.05) is 18.8 Å². The SMILES string of the molecule is NCC1(C(=O)N2CCCCc3ccccc32)CCCCC1. The summed E-state index contributed by atoms with van der Waals surface area (Å²) in [6.45, 7) is 1.34. The van der Waals surface area contributed by atoms with Crippen LogP contribution in [0.5, 0.6) is 0 Å². The molecule has 1 aromatic carbocycles. The van der Waals surface area contributed by atoms with Gasteiger partial charge < -0.3 is 10.6 Å². The van der Waals surface area contributed by atoms with Gasteiger partial charge in [-0.3, -0.25) is 4.79 Å². The molecule has 3 rings (SSSR count). The van der Waals surface area contributed by atoms with E-state index in [1.165, 1.54) is 12.0 Å². The molecule has 2 N–H and O–H groups in total. The summed E-state index contributed by atoms with van der Waals surface area (Å²) in [4.78, 5) is 15.3. The van der Waals surface area contributed by atoms with Crippen molar-refractivity contribution in [1.29, 1.82) is 0 Å². The Hall–Kier alpha value is -1.35. The second kappa shape index (κ2) is 6.18. The summed E-state index contributed by atoms with van der Waals surface area (Å²) >= 11 is 0. The lowest BCUT2D eigenvalue weighted by Crippen LogP contribution is -2.49. The van der Waals surface area contributed by atoms with Crippen molar-refractivity contribution in [3.05, 3.63) is 29.8 Å². The van der Waals surface area contributed by atoms with E-state index in [0.29, 0.717) is 6.54 Å². The molecule has 3 heteroatoms. The average Bonchev–Trinajstić information content (AvgIpc) is 2.77. The van der Waals surface area contributed by atoms with E-state index < -0.39 is 0 Å². The van der Waals surface area contributed by atoms with E-state index in [9.17, 15) is 4.79 Å². The van der Waals surface area contributed by atoms with Crippen molar-refractivity contribution in [3.63, 3.8) is 0 Å². The van der Waals surface area contributed by atoms with Gasteiger partial charge in [-0.05, 0) is 43.7 Å². The molecule has 1 amide bonds. The summed E-state index contributed by atoms with van der Waals surface area (Å²) in [6, 6.07) is 8.38. The second-order valence-corrected chi connectivity index (χ2v) is 6.59. The van der Waals surface area contributed by atoms with Crippen LogP contribution in [0.25, 0.3) is 0 Å². The molecular formula is C18H26N2O. The molecular weight excluding hydrogens is 260 g/mol. The summed E-state index contributed by atoms with van der Waals surface area (Å²) in [7, 11) is 0. The molecule has 0 bridgehead atoms. The maximum Gasteiger partial charge on any atom is 0.234 e. The number of nitrogens with two attached hydrogens (primary N) is 1. The average molecular weight is 286 g/mol. The first-order valence-electron chi connectivity index (χ1n) is 8.37. The zero-order valence-corrected chi connectivity index (χ0v) is 12.8. The molecule has 0 atom stereocenters. The molecule has 0 saturated heterocycles. The van der Waals surface area contributed by atoms with Gasteiger partial charge in [-0.15, -0.1) is 0 Å². The number of aryl methyl sites for hydroxylation is 1. The Morgan fingerprint density at radius 1 is 1.10 bits per heavy atom. The number of hydrogen-bond donors (Lipinski definition) is 1. The summed E-state index contributed by atoms with van der Waals surface area (Å²) in [5.74, 6) is 0.277. The number of rotatable bonds is 2. The largest absolute Gasteiger partial charge is 0.329 e. The topological polar surface area (TPSA) is 46.3 Å². The highest BCUT2D eigenvalue weighted by atomic mass is 16.2. The van der Waals surface area contributed by atoms with Crippen molar-refractivity contribution in [2.45, 2.75) is 51.4 Å². The van der Waals surface area contributed by atoms with Gasteiger partial charge in [0.1, 0.15) is 0 Å². The van der Waals surface area contributed by atoms with Crippen LogP contribution in [0.1, 0.15) is 50.5 Å². The summed E-state index contributed by atoms with van der Waals surface area (Å²) in [6.07, 6.45) is 8.76. The van der Waals surface area contributed by atoms with Crippen molar-refractivity contribution in [2.24, 2.45) is 11.1 Å². The van der Waals surface area contributed by atoms with Crippen LogP contribution in [-0.2, 0) is 11.2 Å². The minimum absolute atomic E-state index is 0.277. The molecule has 0 unspecified atom stereocenters. The van der Waals surface area contributed by atoms with Gasteiger partial charge in [0.05, 0.1) is 5.41 Å². The normalized spacial score (nSPS) is 21.5. The Morgan fingerprint density at radius 2 is 1.86 bits per heavy atom. The van der Waals surface area contributed by atoms with Crippen LogP contribution in [0.15, 0.2) is 24.3 Å². The van der Waals surface area contributed by atoms with Crippen LogP contribution in [-0.4, -0.2) is 19.0 Å². The highest BCUT2D eigenvalue weighted by Gasteiger charge is 2.41. The molecule has 1 aliphatic heterocycles. The Morgan fingerprint density at radius 3 is 2.62 bits per heavy atom. The Labute approximate surface area is 127 Å². The number of hydrogen-bond acceptors (Lipinski definition) is 2. The molecule has 2 aliphatic rings. The van der Waals surface area contributed by atoms with E-state index in [-0.39, 0.29) is 11.3 Å². The molecule has 0 spiro atoms. The van der Waals surface area contributed by atoms with Crippen LogP contribution in [0.3, 0.4) is 0 Å². The van der Waals surface area contributed by atoms with Gasteiger partial charge in [-0.2, -0.15) is 0 Å². The lowest BCUT2D eigenvalue weighted by molar-refractivity contribution is -0.129. The number of carbonyl (C=O) groups excluding carboxylic acids is 1. The van der Waals surface area contributed by atoms with E-state index in [1.54, 1.807) is 0 Å². The van der Waals surface area contributed by atoms with Crippen LogP contribution >= 0.6 is 0 Å². The first-order chi connectivity index (χ1) is 10.3. The van der Waals surface area contributed by atoms with Crippen molar-refractivity contribution in [1.82, 2.24) is 0 Å².